The molecule has 4 rings (SSSR count). The number of carbonyl (C=O) groups is 1. The summed E-state index contributed by atoms with van der Waals surface area (Å²) >= 11 is 0. The molecule has 1 spiro atoms. The van der Waals surface area contributed by atoms with Crippen LogP contribution in [0.25, 0.3) is 5.69 Å². The molecule has 1 aromatic carbocycles. The average Bonchev–Trinajstić information content (AvgIpc) is 3.08. The van der Waals surface area contributed by atoms with E-state index in [-0.39, 0.29) is 5.92 Å². The Kier molecular flexibility index (Phi) is 3.84. The van der Waals surface area contributed by atoms with Crippen molar-refractivity contribution < 1.29 is 9.90 Å². The van der Waals surface area contributed by atoms with Crippen LogP contribution in [0.3, 0.4) is 0 Å². The minimum Gasteiger partial charge on any atom is -0.481 e. The van der Waals surface area contributed by atoms with Crippen LogP contribution in [0.1, 0.15) is 31.2 Å². The van der Waals surface area contributed by atoms with E-state index in [4.69, 9.17) is 5.11 Å². The minimum absolute atomic E-state index is 0.0964. The quantitative estimate of drug-likeness (QED) is 0.934. The van der Waals surface area contributed by atoms with Gasteiger partial charge in [0.15, 0.2) is 0 Å². The minimum atomic E-state index is -0.615. The predicted molar refractivity (Wildman–Crippen MR) is 88.7 cm³/mol. The van der Waals surface area contributed by atoms with Gasteiger partial charge in [0.1, 0.15) is 0 Å². The summed E-state index contributed by atoms with van der Waals surface area (Å²) in [5.41, 5.74) is 2.63. The molecule has 24 heavy (non-hydrogen) atoms. The second-order valence-electron chi connectivity index (χ2n) is 7.23. The van der Waals surface area contributed by atoms with Gasteiger partial charge in [0.05, 0.1) is 24.0 Å². The molecule has 6 heteroatoms. The lowest BCUT2D eigenvalue weighted by atomic mass is 9.57. The van der Waals surface area contributed by atoms with Crippen molar-refractivity contribution in [3.8, 4) is 5.69 Å². The number of hydrogen-bond acceptors (Lipinski definition) is 4. The van der Waals surface area contributed by atoms with E-state index in [0.717, 1.165) is 51.0 Å². The molecule has 6 nitrogen and oxygen atoms in total. The zero-order valence-corrected chi connectivity index (χ0v) is 13.6. The third-order valence-corrected chi connectivity index (χ3v) is 5.65. The molecule has 1 aliphatic heterocycles. The van der Waals surface area contributed by atoms with Crippen molar-refractivity contribution in [1.29, 1.82) is 0 Å². The molecule has 1 saturated heterocycles. The molecule has 2 heterocycles. The highest BCUT2D eigenvalue weighted by Gasteiger charge is 2.48. The Bertz CT molecular complexity index is 695. The molecule has 1 N–H and O–H groups in total. The summed E-state index contributed by atoms with van der Waals surface area (Å²) in [5, 5.41) is 16.9. The third-order valence-electron chi connectivity index (χ3n) is 5.65. The van der Waals surface area contributed by atoms with E-state index < -0.39 is 5.97 Å². The molecule has 0 amide bonds. The van der Waals surface area contributed by atoms with E-state index in [2.05, 4.69) is 39.5 Å². The van der Waals surface area contributed by atoms with Crippen LogP contribution < -0.4 is 0 Å². The van der Waals surface area contributed by atoms with Gasteiger partial charge in [-0.05, 0) is 61.9 Å². The van der Waals surface area contributed by atoms with E-state index >= 15 is 0 Å². The molecule has 0 atom stereocenters. The fourth-order valence-corrected chi connectivity index (χ4v) is 4.11. The Balaban J connectivity index is 1.30. The Morgan fingerprint density at radius 2 is 1.92 bits per heavy atom. The highest BCUT2D eigenvalue weighted by Crippen LogP contribution is 2.52. The zero-order chi connectivity index (χ0) is 16.6. The molecule has 2 aliphatic rings. The van der Waals surface area contributed by atoms with Crippen molar-refractivity contribution >= 4 is 5.97 Å². The van der Waals surface area contributed by atoms with Gasteiger partial charge in [0, 0.05) is 6.54 Å². The average molecular weight is 326 g/mol. The second kappa shape index (κ2) is 6.02. The van der Waals surface area contributed by atoms with E-state index in [1.54, 1.807) is 10.9 Å². The summed E-state index contributed by atoms with van der Waals surface area (Å²) in [6.07, 6.45) is 7.53. The van der Waals surface area contributed by atoms with Gasteiger partial charge in [-0.2, -0.15) is 0 Å². The van der Waals surface area contributed by atoms with Gasteiger partial charge >= 0.3 is 5.97 Å². The van der Waals surface area contributed by atoms with Crippen LogP contribution in [0.2, 0.25) is 0 Å². The Morgan fingerprint density at radius 1 is 1.21 bits per heavy atom. The van der Waals surface area contributed by atoms with E-state index in [1.807, 2.05) is 6.20 Å². The van der Waals surface area contributed by atoms with Gasteiger partial charge in [-0.1, -0.05) is 17.3 Å². The first-order chi connectivity index (χ1) is 11.6. The van der Waals surface area contributed by atoms with Crippen LogP contribution in [-0.4, -0.2) is 44.1 Å². The maximum atomic E-state index is 11.0. The Morgan fingerprint density at radius 3 is 2.50 bits per heavy atom. The Labute approximate surface area is 141 Å². The van der Waals surface area contributed by atoms with Gasteiger partial charge in [0.2, 0.25) is 0 Å². The molecule has 1 saturated carbocycles. The number of likely N-dealkylation sites (tertiary alicyclic amines) is 1. The monoisotopic (exact) mass is 326 g/mol. The number of aliphatic carboxylic acids is 1. The molecule has 1 aliphatic carbocycles. The smallest absolute Gasteiger partial charge is 0.306 e. The van der Waals surface area contributed by atoms with Gasteiger partial charge in [0.25, 0.3) is 0 Å². The van der Waals surface area contributed by atoms with Crippen molar-refractivity contribution in [3.05, 3.63) is 42.2 Å². The van der Waals surface area contributed by atoms with Crippen molar-refractivity contribution in [2.75, 3.05) is 13.1 Å². The summed E-state index contributed by atoms with van der Waals surface area (Å²) in [5.74, 6) is -0.712. The first-order valence-corrected chi connectivity index (χ1v) is 8.54. The number of aromatic nitrogens is 3. The fraction of sp³-hybridized carbons (Fsp3) is 0.500. The number of carboxylic acids is 1. The van der Waals surface area contributed by atoms with Gasteiger partial charge in [-0.25, -0.2) is 4.68 Å². The lowest BCUT2D eigenvalue weighted by Gasteiger charge is -2.51. The number of carboxylic acid groups (broad SMARTS) is 1. The van der Waals surface area contributed by atoms with Crippen LogP contribution in [0.5, 0.6) is 0 Å². The van der Waals surface area contributed by atoms with E-state index in [1.165, 1.54) is 5.56 Å². The van der Waals surface area contributed by atoms with Crippen LogP contribution >= 0.6 is 0 Å². The lowest BCUT2D eigenvalue weighted by molar-refractivity contribution is -0.152. The summed E-state index contributed by atoms with van der Waals surface area (Å²) < 4.78 is 1.75. The molecular weight excluding hydrogens is 304 g/mol. The SMILES string of the molecule is O=C(O)C1CC2(CCN(Cc3ccc(-n4ccnn4)cc3)CC2)C1. The topological polar surface area (TPSA) is 71.2 Å². The van der Waals surface area contributed by atoms with Crippen molar-refractivity contribution in [2.24, 2.45) is 11.3 Å². The van der Waals surface area contributed by atoms with Gasteiger partial charge in [-0.3, -0.25) is 9.69 Å². The van der Waals surface area contributed by atoms with Crippen molar-refractivity contribution in [3.63, 3.8) is 0 Å². The van der Waals surface area contributed by atoms with Gasteiger partial charge < -0.3 is 5.11 Å². The lowest BCUT2D eigenvalue weighted by Crippen LogP contribution is -2.48. The molecule has 2 fully saturated rings. The third kappa shape index (κ3) is 2.94. The normalized spacial score (nSPS) is 20.8. The van der Waals surface area contributed by atoms with E-state index in [9.17, 15) is 4.79 Å². The fourth-order valence-electron chi connectivity index (χ4n) is 4.11. The van der Waals surface area contributed by atoms with Crippen molar-refractivity contribution in [1.82, 2.24) is 19.9 Å². The second-order valence-corrected chi connectivity index (χ2v) is 7.23. The van der Waals surface area contributed by atoms with Crippen LogP contribution in [0.15, 0.2) is 36.7 Å². The predicted octanol–water partition coefficient (Wildman–Crippen LogP) is 2.34. The molecule has 0 bridgehead atoms. The van der Waals surface area contributed by atoms with Crippen LogP contribution in [0, 0.1) is 11.3 Å². The zero-order valence-electron chi connectivity index (χ0n) is 13.6. The summed E-state index contributed by atoms with van der Waals surface area (Å²) in [6, 6.07) is 8.42. The summed E-state index contributed by atoms with van der Waals surface area (Å²) in [4.78, 5) is 13.5. The first kappa shape index (κ1) is 15.3. The molecule has 126 valence electrons. The van der Waals surface area contributed by atoms with Crippen molar-refractivity contribution in [2.45, 2.75) is 32.2 Å². The summed E-state index contributed by atoms with van der Waals surface area (Å²) in [7, 11) is 0. The molecule has 1 aromatic heterocycles. The largest absolute Gasteiger partial charge is 0.481 e. The standard InChI is InChI=1S/C18H22N4O2/c23-17(24)15-11-18(12-15)5-8-21(9-6-18)13-14-1-3-16(4-2-14)22-10-7-19-20-22/h1-4,7,10,15H,5-6,8-9,11-13H2,(H,23,24). The number of piperidine rings is 1. The van der Waals surface area contributed by atoms with Crippen LogP contribution in [0.4, 0.5) is 0 Å². The molecule has 2 aromatic rings. The molecule has 0 unspecified atom stereocenters. The maximum absolute atomic E-state index is 11.0. The number of rotatable bonds is 4. The first-order valence-electron chi connectivity index (χ1n) is 8.54. The van der Waals surface area contributed by atoms with Crippen LogP contribution in [-0.2, 0) is 11.3 Å². The number of benzene rings is 1. The number of hydrogen-bond donors (Lipinski definition) is 1. The Hall–Kier alpha value is -2.21. The summed E-state index contributed by atoms with van der Waals surface area (Å²) in [6.45, 7) is 3.09. The highest BCUT2D eigenvalue weighted by atomic mass is 16.4. The van der Waals surface area contributed by atoms with E-state index in [0.29, 0.717) is 5.41 Å². The van der Waals surface area contributed by atoms with Gasteiger partial charge in [-0.15, -0.1) is 5.10 Å². The molecular formula is C18H22N4O2. The maximum Gasteiger partial charge on any atom is 0.306 e. The highest BCUT2D eigenvalue weighted by molar-refractivity contribution is 5.71. The molecule has 0 radical (unpaired) electrons. The number of nitrogens with zero attached hydrogens (tertiary/aromatic N) is 4.